The highest BCUT2D eigenvalue weighted by Gasteiger charge is 2.09. The summed E-state index contributed by atoms with van der Waals surface area (Å²) in [5.74, 6) is 0.680. The van der Waals surface area contributed by atoms with Crippen molar-refractivity contribution >= 4 is 17.4 Å². The van der Waals surface area contributed by atoms with Gasteiger partial charge in [-0.1, -0.05) is 24.3 Å². The largest absolute Gasteiger partial charge is 0.495 e. The molecule has 0 saturated carbocycles. The first-order valence-corrected chi connectivity index (χ1v) is 8.04. The average Bonchev–Trinajstić information content (AvgIpc) is 2.68. The Morgan fingerprint density at radius 1 is 1.08 bits per heavy atom. The molecule has 0 bridgehead atoms. The lowest BCUT2D eigenvalue weighted by molar-refractivity contribution is 0.102. The van der Waals surface area contributed by atoms with E-state index in [1.54, 1.807) is 43.5 Å². The van der Waals surface area contributed by atoms with Crippen molar-refractivity contribution in [3.63, 3.8) is 0 Å². The van der Waals surface area contributed by atoms with Gasteiger partial charge in [-0.3, -0.25) is 4.79 Å². The van der Waals surface area contributed by atoms with Crippen LogP contribution in [0.2, 0.25) is 0 Å². The van der Waals surface area contributed by atoms with Crippen LogP contribution in [-0.4, -0.2) is 18.0 Å². The minimum atomic E-state index is -0.271. The first kappa shape index (κ1) is 17.4. The van der Waals surface area contributed by atoms with Crippen molar-refractivity contribution in [1.29, 1.82) is 0 Å². The SMILES string of the molecule is COc1ccccc1NC(=O)c1ccc(NCc2ccc(F)cc2)nc1. The smallest absolute Gasteiger partial charge is 0.257 e. The molecule has 0 spiro atoms. The van der Waals surface area contributed by atoms with Gasteiger partial charge in [-0.15, -0.1) is 0 Å². The van der Waals surface area contributed by atoms with Gasteiger partial charge in [-0.05, 0) is 42.0 Å². The number of amides is 1. The van der Waals surface area contributed by atoms with Crippen molar-refractivity contribution in [1.82, 2.24) is 4.98 Å². The predicted octanol–water partition coefficient (Wildman–Crippen LogP) is 4.09. The molecule has 1 heterocycles. The Hall–Kier alpha value is -3.41. The number of benzene rings is 2. The summed E-state index contributed by atoms with van der Waals surface area (Å²) < 4.78 is 18.1. The van der Waals surface area contributed by atoms with E-state index in [1.807, 2.05) is 12.1 Å². The molecule has 0 fully saturated rings. The highest BCUT2D eigenvalue weighted by molar-refractivity contribution is 6.04. The lowest BCUT2D eigenvalue weighted by atomic mass is 10.2. The van der Waals surface area contributed by atoms with Crippen molar-refractivity contribution in [2.75, 3.05) is 17.7 Å². The number of nitrogens with zero attached hydrogens (tertiary/aromatic N) is 1. The minimum absolute atomic E-state index is 0.266. The van der Waals surface area contributed by atoms with E-state index in [9.17, 15) is 9.18 Å². The van der Waals surface area contributed by atoms with Crippen LogP contribution in [0.4, 0.5) is 15.9 Å². The molecule has 0 radical (unpaired) electrons. The third-order valence-corrected chi connectivity index (χ3v) is 3.77. The van der Waals surface area contributed by atoms with E-state index in [2.05, 4.69) is 15.6 Å². The van der Waals surface area contributed by atoms with Gasteiger partial charge in [0.2, 0.25) is 0 Å². The molecule has 0 aliphatic heterocycles. The van der Waals surface area contributed by atoms with Crippen LogP contribution in [0.1, 0.15) is 15.9 Å². The Balaban J connectivity index is 1.61. The summed E-state index contributed by atoms with van der Waals surface area (Å²) in [5.41, 5.74) is 1.97. The van der Waals surface area contributed by atoms with E-state index >= 15 is 0 Å². The summed E-state index contributed by atoms with van der Waals surface area (Å²) in [6.07, 6.45) is 1.50. The number of para-hydroxylation sites is 2. The molecule has 5 nitrogen and oxygen atoms in total. The maximum atomic E-state index is 12.9. The summed E-state index contributed by atoms with van der Waals surface area (Å²) in [5, 5.41) is 5.93. The van der Waals surface area contributed by atoms with Crippen LogP contribution in [0.3, 0.4) is 0 Å². The molecule has 0 atom stereocenters. The number of methoxy groups -OCH3 is 1. The van der Waals surface area contributed by atoms with Gasteiger partial charge >= 0.3 is 0 Å². The second kappa shape index (κ2) is 8.11. The Morgan fingerprint density at radius 2 is 1.85 bits per heavy atom. The number of hydrogen-bond donors (Lipinski definition) is 2. The van der Waals surface area contributed by atoms with Crippen LogP contribution in [-0.2, 0) is 6.54 Å². The van der Waals surface area contributed by atoms with Crippen molar-refractivity contribution in [2.24, 2.45) is 0 Å². The molecule has 0 unspecified atom stereocenters. The summed E-state index contributed by atoms with van der Waals surface area (Å²) in [6, 6.07) is 16.8. The Kier molecular flexibility index (Phi) is 5.43. The molecular weight excluding hydrogens is 333 g/mol. The summed E-state index contributed by atoms with van der Waals surface area (Å²) in [7, 11) is 1.55. The Labute approximate surface area is 150 Å². The van der Waals surface area contributed by atoms with Gasteiger partial charge < -0.3 is 15.4 Å². The van der Waals surface area contributed by atoms with E-state index < -0.39 is 0 Å². The number of rotatable bonds is 6. The van der Waals surface area contributed by atoms with Gasteiger partial charge in [-0.25, -0.2) is 9.37 Å². The topological polar surface area (TPSA) is 63.2 Å². The van der Waals surface area contributed by atoms with Crippen LogP contribution in [0.15, 0.2) is 66.9 Å². The molecule has 132 valence electrons. The second-order valence-electron chi connectivity index (χ2n) is 5.57. The fraction of sp³-hybridized carbons (Fsp3) is 0.100. The molecule has 3 aromatic rings. The minimum Gasteiger partial charge on any atom is -0.495 e. The predicted molar refractivity (Wildman–Crippen MR) is 98.9 cm³/mol. The molecule has 1 amide bonds. The molecule has 0 saturated heterocycles. The number of aromatic nitrogens is 1. The third-order valence-electron chi connectivity index (χ3n) is 3.77. The first-order valence-electron chi connectivity index (χ1n) is 8.04. The average molecular weight is 351 g/mol. The Morgan fingerprint density at radius 3 is 2.54 bits per heavy atom. The molecule has 1 aromatic heterocycles. The molecule has 0 aliphatic carbocycles. The molecule has 3 rings (SSSR count). The van der Waals surface area contributed by atoms with Gasteiger partial charge in [0.15, 0.2) is 0 Å². The van der Waals surface area contributed by atoms with Crippen LogP contribution < -0.4 is 15.4 Å². The summed E-state index contributed by atoms with van der Waals surface area (Å²) in [4.78, 5) is 16.6. The highest BCUT2D eigenvalue weighted by Crippen LogP contribution is 2.23. The standard InChI is InChI=1S/C20H18FN3O2/c1-26-18-5-3-2-4-17(18)24-20(25)15-8-11-19(23-13-15)22-12-14-6-9-16(21)10-7-14/h2-11,13H,12H2,1H3,(H,22,23)(H,24,25). The van der Waals surface area contributed by atoms with Gasteiger partial charge in [0.25, 0.3) is 5.91 Å². The normalized spacial score (nSPS) is 10.2. The molecular formula is C20H18FN3O2. The van der Waals surface area contributed by atoms with Gasteiger partial charge in [-0.2, -0.15) is 0 Å². The molecule has 2 aromatic carbocycles. The fourth-order valence-corrected chi connectivity index (χ4v) is 2.37. The fourth-order valence-electron chi connectivity index (χ4n) is 2.37. The number of carbonyl (C=O) groups excluding carboxylic acids is 1. The lowest BCUT2D eigenvalue weighted by Gasteiger charge is -2.10. The van der Waals surface area contributed by atoms with E-state index in [0.29, 0.717) is 29.4 Å². The second-order valence-corrected chi connectivity index (χ2v) is 5.57. The van der Waals surface area contributed by atoms with E-state index in [4.69, 9.17) is 4.74 Å². The number of carbonyl (C=O) groups is 1. The number of nitrogens with one attached hydrogen (secondary N) is 2. The number of ether oxygens (including phenoxy) is 1. The number of halogens is 1. The van der Waals surface area contributed by atoms with Crippen molar-refractivity contribution in [3.05, 3.63) is 83.8 Å². The quantitative estimate of drug-likeness (QED) is 0.702. The monoisotopic (exact) mass is 351 g/mol. The summed E-state index contributed by atoms with van der Waals surface area (Å²) >= 11 is 0. The van der Waals surface area contributed by atoms with Crippen LogP contribution in [0, 0.1) is 5.82 Å². The highest BCUT2D eigenvalue weighted by atomic mass is 19.1. The number of anilines is 2. The zero-order valence-corrected chi connectivity index (χ0v) is 14.2. The summed E-state index contributed by atoms with van der Waals surface area (Å²) in [6.45, 7) is 0.514. The van der Waals surface area contributed by atoms with Crippen LogP contribution in [0.25, 0.3) is 0 Å². The zero-order valence-electron chi connectivity index (χ0n) is 14.2. The van der Waals surface area contributed by atoms with E-state index in [0.717, 1.165) is 5.56 Å². The third kappa shape index (κ3) is 4.36. The molecule has 0 aliphatic rings. The maximum absolute atomic E-state index is 12.9. The van der Waals surface area contributed by atoms with Crippen molar-refractivity contribution in [3.8, 4) is 5.75 Å². The zero-order chi connectivity index (χ0) is 18.4. The molecule has 2 N–H and O–H groups in total. The lowest BCUT2D eigenvalue weighted by Crippen LogP contribution is -2.13. The van der Waals surface area contributed by atoms with Gasteiger partial charge in [0, 0.05) is 12.7 Å². The van der Waals surface area contributed by atoms with E-state index in [1.165, 1.54) is 18.3 Å². The van der Waals surface area contributed by atoms with Crippen LogP contribution >= 0.6 is 0 Å². The van der Waals surface area contributed by atoms with Crippen molar-refractivity contribution in [2.45, 2.75) is 6.54 Å². The van der Waals surface area contributed by atoms with Gasteiger partial charge in [0.1, 0.15) is 17.4 Å². The molecule has 26 heavy (non-hydrogen) atoms. The van der Waals surface area contributed by atoms with Crippen molar-refractivity contribution < 1.29 is 13.9 Å². The first-order chi connectivity index (χ1) is 12.7. The van der Waals surface area contributed by atoms with Crippen LogP contribution in [0.5, 0.6) is 5.75 Å². The number of hydrogen-bond acceptors (Lipinski definition) is 4. The molecule has 6 heteroatoms. The Bertz CT molecular complexity index is 880. The van der Waals surface area contributed by atoms with E-state index in [-0.39, 0.29) is 11.7 Å². The maximum Gasteiger partial charge on any atom is 0.257 e. The van der Waals surface area contributed by atoms with Gasteiger partial charge in [0.05, 0.1) is 18.4 Å². The number of pyridine rings is 1.